The normalized spacial score (nSPS) is 13.5. The molecule has 0 aliphatic heterocycles. The van der Waals surface area contributed by atoms with Crippen LogP contribution in [-0.4, -0.2) is 28.1 Å². The summed E-state index contributed by atoms with van der Waals surface area (Å²) in [5.74, 6) is -0.410. The molecule has 1 aromatic heterocycles. The van der Waals surface area contributed by atoms with E-state index in [1.165, 1.54) is 19.3 Å². The van der Waals surface area contributed by atoms with Crippen molar-refractivity contribution in [2.24, 2.45) is 11.8 Å². The van der Waals surface area contributed by atoms with Crippen LogP contribution < -0.4 is 5.32 Å². The molecule has 2 N–H and O–H groups in total. The van der Waals surface area contributed by atoms with E-state index < -0.39 is 11.9 Å². The lowest BCUT2D eigenvalue weighted by atomic mass is 9.94. The van der Waals surface area contributed by atoms with Crippen molar-refractivity contribution in [3.8, 4) is 0 Å². The topological polar surface area (TPSA) is 62.2 Å². The van der Waals surface area contributed by atoms with E-state index in [9.17, 15) is 9.90 Å². The molecule has 0 spiro atoms. The van der Waals surface area contributed by atoms with Gasteiger partial charge < -0.3 is 10.4 Å². The third kappa shape index (κ3) is 6.95. The summed E-state index contributed by atoms with van der Waals surface area (Å²) < 4.78 is 0. The van der Waals surface area contributed by atoms with Crippen molar-refractivity contribution in [1.82, 2.24) is 10.3 Å². The highest BCUT2D eigenvalue weighted by molar-refractivity contribution is 7.80. The molecule has 1 rings (SSSR count). The molecule has 0 fully saturated rings. The summed E-state index contributed by atoms with van der Waals surface area (Å²) >= 11 is 5.12. The number of rotatable bonds is 10. The van der Waals surface area contributed by atoms with Gasteiger partial charge in [0.25, 0.3) is 0 Å². The number of aliphatic carboxylic acids is 1. The molecule has 2 unspecified atom stereocenters. The summed E-state index contributed by atoms with van der Waals surface area (Å²) in [7, 11) is 1.64. The van der Waals surface area contributed by atoms with Crippen LogP contribution in [0.4, 0.5) is 0 Å². The van der Waals surface area contributed by atoms with Gasteiger partial charge in [-0.25, -0.2) is 0 Å². The molecular formula is C19H30N2O2S. The van der Waals surface area contributed by atoms with Gasteiger partial charge in [-0.2, -0.15) is 0 Å². The third-order valence-electron chi connectivity index (χ3n) is 4.30. The van der Waals surface area contributed by atoms with Crippen molar-refractivity contribution in [2.75, 3.05) is 7.05 Å². The Hall–Kier alpha value is -1.49. The van der Waals surface area contributed by atoms with Crippen LogP contribution in [0.2, 0.25) is 0 Å². The molecule has 0 saturated carbocycles. The minimum absolute atomic E-state index is 0.286. The summed E-state index contributed by atoms with van der Waals surface area (Å²) in [5.41, 5.74) is 1.63. The number of carboxylic acid groups (broad SMARTS) is 1. The lowest BCUT2D eigenvalue weighted by molar-refractivity contribution is -0.137. The molecule has 0 bridgehead atoms. The zero-order valence-electron chi connectivity index (χ0n) is 15.2. The molecule has 0 radical (unpaired) electrons. The highest BCUT2D eigenvalue weighted by atomic mass is 32.1. The Bertz CT molecular complexity index is 546. The summed E-state index contributed by atoms with van der Waals surface area (Å²) in [5, 5.41) is 12.2. The number of likely N-dealkylation sites (N-methyl/N-ethyl adjacent to an activating group) is 1. The van der Waals surface area contributed by atoms with Crippen LogP contribution in [0.1, 0.15) is 63.6 Å². The summed E-state index contributed by atoms with van der Waals surface area (Å²) in [6, 6.07) is 3.84. The van der Waals surface area contributed by atoms with E-state index in [1.807, 2.05) is 12.1 Å². The second-order valence-corrected chi connectivity index (χ2v) is 7.38. The number of nitrogens with one attached hydrogen (secondary N) is 1. The van der Waals surface area contributed by atoms with Crippen LogP contribution in [0.3, 0.4) is 0 Å². The molecule has 0 aliphatic carbocycles. The lowest BCUT2D eigenvalue weighted by Gasteiger charge is -2.15. The monoisotopic (exact) mass is 350 g/mol. The first kappa shape index (κ1) is 20.6. The fourth-order valence-corrected chi connectivity index (χ4v) is 2.98. The van der Waals surface area contributed by atoms with Crippen molar-refractivity contribution in [1.29, 1.82) is 0 Å². The maximum Gasteiger partial charge on any atom is 0.319 e. The van der Waals surface area contributed by atoms with Crippen LogP contribution >= 0.6 is 12.2 Å². The van der Waals surface area contributed by atoms with E-state index in [1.54, 1.807) is 13.2 Å². The second-order valence-electron chi connectivity index (χ2n) is 6.94. The molecule has 5 heteroatoms. The minimum Gasteiger partial charge on any atom is -0.480 e. The molecule has 2 atom stereocenters. The molecule has 1 aromatic rings. The van der Waals surface area contributed by atoms with Gasteiger partial charge in [0.05, 0.1) is 10.7 Å². The van der Waals surface area contributed by atoms with Crippen molar-refractivity contribution in [2.45, 2.75) is 58.8 Å². The van der Waals surface area contributed by atoms with Gasteiger partial charge in [0, 0.05) is 13.2 Å². The first-order chi connectivity index (χ1) is 11.3. The quantitative estimate of drug-likeness (QED) is 0.620. The van der Waals surface area contributed by atoms with E-state index in [0.717, 1.165) is 24.3 Å². The fraction of sp³-hybridized carbons (Fsp3) is 0.632. The van der Waals surface area contributed by atoms with Crippen molar-refractivity contribution >= 4 is 23.2 Å². The van der Waals surface area contributed by atoms with Gasteiger partial charge in [0.1, 0.15) is 5.92 Å². The lowest BCUT2D eigenvalue weighted by Crippen LogP contribution is -2.30. The Balaban J connectivity index is 2.64. The number of carbonyl (C=O) groups is 1. The van der Waals surface area contributed by atoms with Crippen LogP contribution in [0.15, 0.2) is 18.3 Å². The van der Waals surface area contributed by atoms with Gasteiger partial charge in [0.15, 0.2) is 0 Å². The number of thiocarbonyl (C=S) groups is 1. The second kappa shape index (κ2) is 10.4. The molecule has 1 heterocycles. The number of hydrogen-bond donors (Lipinski definition) is 2. The Morgan fingerprint density at radius 3 is 2.58 bits per heavy atom. The first-order valence-electron chi connectivity index (χ1n) is 8.74. The van der Waals surface area contributed by atoms with Gasteiger partial charge in [-0.05, 0) is 42.4 Å². The molecule has 0 aromatic carbocycles. The largest absolute Gasteiger partial charge is 0.480 e. The number of aryl methyl sites for hydroxylation is 1. The van der Waals surface area contributed by atoms with Gasteiger partial charge in [-0.15, -0.1) is 0 Å². The summed E-state index contributed by atoms with van der Waals surface area (Å²) in [6.07, 6.45) is 7.54. The van der Waals surface area contributed by atoms with Crippen LogP contribution in [0.25, 0.3) is 0 Å². The van der Waals surface area contributed by atoms with Crippen LogP contribution in [0, 0.1) is 11.8 Å². The molecular weight excluding hydrogens is 320 g/mol. The molecule has 0 amide bonds. The molecule has 24 heavy (non-hydrogen) atoms. The first-order valence-corrected chi connectivity index (χ1v) is 9.15. The van der Waals surface area contributed by atoms with Crippen LogP contribution in [-0.2, 0) is 11.2 Å². The number of carboxylic acids is 1. The van der Waals surface area contributed by atoms with E-state index in [0.29, 0.717) is 11.6 Å². The number of aromatic nitrogens is 1. The Labute approximate surface area is 151 Å². The standard InChI is InChI=1S/C19H30N2O2S/c1-13(2)6-5-7-14(3)8-9-15-10-11-21-16(12-15)17(19(22)23)18(24)20-4/h10-14,17H,5-9H2,1-4H3,(H,20,24)(H,22,23). The predicted octanol–water partition coefficient (Wildman–Crippen LogP) is 4.19. The molecule has 0 saturated heterocycles. The highest BCUT2D eigenvalue weighted by Crippen LogP contribution is 2.20. The van der Waals surface area contributed by atoms with Crippen molar-refractivity contribution in [3.63, 3.8) is 0 Å². The SMILES string of the molecule is CNC(=S)C(C(=O)O)c1cc(CCC(C)CCCC(C)C)ccn1. The maximum atomic E-state index is 11.5. The predicted molar refractivity (Wildman–Crippen MR) is 102 cm³/mol. The zero-order valence-corrected chi connectivity index (χ0v) is 16.0. The summed E-state index contributed by atoms with van der Waals surface area (Å²) in [4.78, 5) is 16.0. The number of nitrogens with zero attached hydrogens (tertiary/aromatic N) is 1. The van der Waals surface area contributed by atoms with E-state index in [4.69, 9.17) is 12.2 Å². The average Bonchev–Trinajstić information content (AvgIpc) is 2.52. The van der Waals surface area contributed by atoms with Gasteiger partial charge in [-0.3, -0.25) is 9.78 Å². The van der Waals surface area contributed by atoms with Gasteiger partial charge >= 0.3 is 5.97 Å². The van der Waals surface area contributed by atoms with Gasteiger partial charge in [-0.1, -0.05) is 52.3 Å². The van der Waals surface area contributed by atoms with Crippen molar-refractivity contribution in [3.05, 3.63) is 29.6 Å². The average molecular weight is 351 g/mol. The highest BCUT2D eigenvalue weighted by Gasteiger charge is 2.25. The zero-order chi connectivity index (χ0) is 18.1. The number of pyridine rings is 1. The Morgan fingerprint density at radius 2 is 2.00 bits per heavy atom. The van der Waals surface area contributed by atoms with E-state index >= 15 is 0 Å². The molecule has 4 nitrogen and oxygen atoms in total. The third-order valence-corrected chi connectivity index (χ3v) is 4.74. The van der Waals surface area contributed by atoms with E-state index in [-0.39, 0.29) is 4.99 Å². The van der Waals surface area contributed by atoms with Crippen LogP contribution in [0.5, 0.6) is 0 Å². The minimum atomic E-state index is -0.971. The Morgan fingerprint density at radius 1 is 1.29 bits per heavy atom. The fourth-order valence-electron chi connectivity index (χ4n) is 2.76. The smallest absolute Gasteiger partial charge is 0.319 e. The van der Waals surface area contributed by atoms with Crippen molar-refractivity contribution < 1.29 is 9.90 Å². The van der Waals surface area contributed by atoms with E-state index in [2.05, 4.69) is 31.1 Å². The Kier molecular flexibility index (Phi) is 8.90. The molecule has 134 valence electrons. The molecule has 0 aliphatic rings. The van der Waals surface area contributed by atoms with Gasteiger partial charge in [0.2, 0.25) is 0 Å². The number of hydrogen-bond acceptors (Lipinski definition) is 3. The maximum absolute atomic E-state index is 11.5. The summed E-state index contributed by atoms with van der Waals surface area (Å²) in [6.45, 7) is 6.81.